The largest absolute Gasteiger partial charge is 2.00 e. The van der Waals surface area contributed by atoms with Crippen LogP contribution in [0.1, 0.15) is 358 Å². The molecule has 0 saturated carbocycles. The molecule has 4 aromatic carbocycles. The van der Waals surface area contributed by atoms with Crippen LogP contribution < -0.4 is 0 Å². The molecular weight excluding hydrogens is 1210 g/mol. The van der Waals surface area contributed by atoms with E-state index in [0.29, 0.717) is 10.8 Å². The molecule has 0 saturated heterocycles. The van der Waals surface area contributed by atoms with Crippen LogP contribution in [-0.2, 0) is 45.9 Å². The van der Waals surface area contributed by atoms with Crippen molar-refractivity contribution in [1.29, 1.82) is 0 Å². The molecule has 0 aliphatic carbocycles. The molecule has 0 aromatic heterocycles. The number of hydrogen-bond donors (Lipinski definition) is 0. The van der Waals surface area contributed by atoms with Gasteiger partial charge < -0.3 is 9.11 Å². The van der Waals surface area contributed by atoms with Crippen molar-refractivity contribution >= 4 is 90.7 Å². The van der Waals surface area contributed by atoms with E-state index >= 15 is 0 Å². The van der Waals surface area contributed by atoms with Gasteiger partial charge in [-0.3, -0.25) is 0 Å². The molecule has 9 heteroatoms. The Morgan fingerprint density at radius 2 is 0.459 bits per heavy atom. The van der Waals surface area contributed by atoms with E-state index in [1.807, 2.05) is 24.3 Å². The first-order chi connectivity index (χ1) is 41.0. The third-order valence-corrected chi connectivity index (χ3v) is 19.9. The topological polar surface area (TPSA) is 114 Å². The molecule has 0 unspecified atom stereocenters. The molecule has 0 N–H and O–H groups in total. The Kier molecular flexibility index (Phi) is 49.3. The molecule has 0 aliphatic rings. The van der Waals surface area contributed by atoms with Crippen molar-refractivity contribution in [1.82, 2.24) is 0 Å². The summed E-state index contributed by atoms with van der Waals surface area (Å²) in [5.74, 6) is 0. The Hall–Kier alpha value is -1.21. The van der Waals surface area contributed by atoms with Crippen molar-refractivity contribution in [2.45, 2.75) is 371 Å². The molecule has 0 heterocycles. The van der Waals surface area contributed by atoms with Crippen LogP contribution in [0.2, 0.25) is 0 Å². The fraction of sp³-hybridized carbons (Fsp3) is 0.737. The first-order valence-corrected chi connectivity index (χ1v) is 38.8. The van der Waals surface area contributed by atoms with E-state index in [-0.39, 0.29) is 58.7 Å². The molecule has 85 heavy (non-hydrogen) atoms. The molecule has 0 amide bonds. The van der Waals surface area contributed by atoms with E-state index in [1.54, 1.807) is 12.1 Å². The van der Waals surface area contributed by atoms with Crippen molar-refractivity contribution in [2.24, 2.45) is 0 Å². The van der Waals surface area contributed by atoms with Crippen molar-refractivity contribution in [3.05, 3.63) is 82.9 Å². The summed E-state index contributed by atoms with van der Waals surface area (Å²) in [6.07, 6.45) is 66.8. The fourth-order valence-electron chi connectivity index (χ4n) is 13.0. The van der Waals surface area contributed by atoms with Gasteiger partial charge in [-0.05, 0) is 96.5 Å². The molecule has 480 valence electrons. The van der Waals surface area contributed by atoms with Gasteiger partial charge in [0, 0.05) is 10.8 Å². The third-order valence-electron chi connectivity index (χ3n) is 18.1. The van der Waals surface area contributed by atoms with Gasteiger partial charge in [0.25, 0.3) is 0 Å². The van der Waals surface area contributed by atoms with Gasteiger partial charge >= 0.3 is 48.9 Å². The summed E-state index contributed by atoms with van der Waals surface area (Å²) in [5, 5.41) is 3.12. The van der Waals surface area contributed by atoms with Gasteiger partial charge in [0.1, 0.15) is 20.2 Å². The average molecular weight is 1340 g/mol. The number of aryl methyl sites for hydroxylation is 4. The zero-order chi connectivity index (χ0) is 60.6. The molecule has 0 spiro atoms. The molecule has 6 nitrogen and oxygen atoms in total. The van der Waals surface area contributed by atoms with Gasteiger partial charge in [-0.25, -0.2) is 16.8 Å². The van der Waals surface area contributed by atoms with Gasteiger partial charge in [0.05, 0.1) is 9.79 Å². The van der Waals surface area contributed by atoms with Crippen LogP contribution in [-0.4, -0.2) is 74.8 Å². The number of hydrogen-bond acceptors (Lipinski definition) is 6. The zero-order valence-corrected chi connectivity index (χ0v) is 61.6. The Labute approximate surface area is 565 Å². The van der Waals surface area contributed by atoms with Gasteiger partial charge in [-0.2, -0.15) is 0 Å². The van der Waals surface area contributed by atoms with Gasteiger partial charge in [0.15, 0.2) is 0 Å². The normalized spacial score (nSPS) is 11.8. The molecule has 0 radical (unpaired) electrons. The van der Waals surface area contributed by atoms with Crippen LogP contribution >= 0.6 is 0 Å². The van der Waals surface area contributed by atoms with Crippen LogP contribution in [0.15, 0.2) is 70.5 Å². The summed E-state index contributed by atoms with van der Waals surface area (Å²) in [5.41, 5.74) is 4.71. The average Bonchev–Trinajstić information content (AvgIpc) is 3.60. The number of rotatable bonds is 54. The minimum absolute atomic E-state index is 0. The standard InChI is InChI=1S/2C38H64O3S.Ba/c2*1-3-5-7-9-11-13-15-17-19-21-23-25-28-34-32-33-35-29-27-31-37(42(39,40)41)38(35)36(34)30-26-24-22-20-18-16-14-12-10-8-6-4-2;/h2*27,29,31-33H,3-26,28,30H2,1-2H3,(H,39,40,41);/q;;+2/p-2. The quantitative estimate of drug-likeness (QED) is 0.0247. The molecule has 0 fully saturated rings. The van der Waals surface area contributed by atoms with E-state index in [4.69, 9.17) is 0 Å². The summed E-state index contributed by atoms with van der Waals surface area (Å²) in [6.45, 7) is 9.08. The molecule has 0 atom stereocenters. The maximum atomic E-state index is 12.2. The summed E-state index contributed by atoms with van der Waals surface area (Å²) >= 11 is 0. The number of fused-ring (bicyclic) bond motifs is 2. The predicted octanol–water partition coefficient (Wildman–Crippen LogP) is 24.1. The van der Waals surface area contributed by atoms with Crippen molar-refractivity contribution in [3.8, 4) is 0 Å². The van der Waals surface area contributed by atoms with Crippen molar-refractivity contribution in [3.63, 3.8) is 0 Å². The summed E-state index contributed by atoms with van der Waals surface area (Å²) < 4.78 is 73.2. The Bertz CT molecular complexity index is 2300. The van der Waals surface area contributed by atoms with Crippen LogP contribution in [0.3, 0.4) is 0 Å². The molecule has 4 rings (SSSR count). The Morgan fingerprint density at radius 3 is 0.671 bits per heavy atom. The molecule has 4 aromatic rings. The maximum absolute atomic E-state index is 12.2. The van der Waals surface area contributed by atoms with E-state index in [1.165, 1.54) is 293 Å². The van der Waals surface area contributed by atoms with Crippen molar-refractivity contribution < 1.29 is 25.9 Å². The summed E-state index contributed by atoms with van der Waals surface area (Å²) in [6, 6.07) is 18.7. The molecule has 0 aliphatic heterocycles. The minimum atomic E-state index is -4.52. The van der Waals surface area contributed by atoms with Crippen LogP contribution in [0.4, 0.5) is 0 Å². The van der Waals surface area contributed by atoms with Crippen LogP contribution in [0.25, 0.3) is 21.5 Å². The second kappa shape index (κ2) is 52.4. The van der Waals surface area contributed by atoms with E-state index in [9.17, 15) is 25.9 Å². The first-order valence-electron chi connectivity index (χ1n) is 36.0. The SMILES string of the molecule is CCCCCCCCCCCCCCc1ccc2cccc(S(=O)(=O)[O-])c2c1CCCCCCCCCCCCCC.CCCCCCCCCCCCCCc1ccc2cccc(S(=O)(=O)[O-])c2c1CCCCCCCCCCCCCC.[Ba+2]. The van der Waals surface area contributed by atoms with Crippen LogP contribution in [0.5, 0.6) is 0 Å². The minimum Gasteiger partial charge on any atom is -0.744 e. The fourth-order valence-corrected chi connectivity index (χ4v) is 14.5. The second-order valence-corrected chi connectivity index (χ2v) is 28.3. The van der Waals surface area contributed by atoms with Gasteiger partial charge in [0.2, 0.25) is 0 Å². The third kappa shape index (κ3) is 37.0. The predicted molar refractivity (Wildman–Crippen MR) is 369 cm³/mol. The maximum Gasteiger partial charge on any atom is 2.00 e. The number of unbranched alkanes of at least 4 members (excludes halogenated alkanes) is 44. The summed E-state index contributed by atoms with van der Waals surface area (Å²) in [7, 11) is -9.04. The number of benzene rings is 4. The second-order valence-electron chi connectivity index (χ2n) is 25.6. The van der Waals surface area contributed by atoms with Gasteiger partial charge in [-0.15, -0.1) is 0 Å². The van der Waals surface area contributed by atoms with Crippen molar-refractivity contribution in [2.75, 3.05) is 0 Å². The van der Waals surface area contributed by atoms with Gasteiger partial charge in [-0.1, -0.05) is 359 Å². The smallest absolute Gasteiger partial charge is 0.744 e. The summed E-state index contributed by atoms with van der Waals surface area (Å²) in [4.78, 5) is -0.0732. The van der Waals surface area contributed by atoms with E-state index in [2.05, 4.69) is 39.8 Å². The Balaban J connectivity index is 0.000000573. The zero-order valence-electron chi connectivity index (χ0n) is 55.5. The molecular formula is C76H126BaO6S2. The van der Waals surface area contributed by atoms with E-state index in [0.717, 1.165) is 86.1 Å². The molecule has 0 bridgehead atoms. The van der Waals surface area contributed by atoms with E-state index < -0.39 is 20.2 Å². The Morgan fingerprint density at radius 1 is 0.259 bits per heavy atom. The van der Waals surface area contributed by atoms with Crippen LogP contribution in [0, 0.1) is 0 Å². The monoisotopic (exact) mass is 1340 g/mol. The first kappa shape index (κ1) is 79.9.